The van der Waals surface area contributed by atoms with Gasteiger partial charge in [0.05, 0.1) is 0 Å². The number of hydrazine groups is 1. The summed E-state index contributed by atoms with van der Waals surface area (Å²) in [7, 11) is 1.88. The molecule has 0 saturated heterocycles. The third-order valence-corrected chi connectivity index (χ3v) is 4.41. The van der Waals surface area contributed by atoms with Crippen LogP contribution in [0.5, 0.6) is 0 Å². The van der Waals surface area contributed by atoms with Gasteiger partial charge in [-0.15, -0.1) is 0 Å². The Morgan fingerprint density at radius 1 is 1.19 bits per heavy atom. The van der Waals surface area contributed by atoms with Crippen LogP contribution in [0.3, 0.4) is 0 Å². The molecule has 1 aromatic heterocycles. The van der Waals surface area contributed by atoms with Crippen LogP contribution < -0.4 is 11.3 Å². The van der Waals surface area contributed by atoms with Crippen molar-refractivity contribution in [3.63, 3.8) is 0 Å². The Balaban J connectivity index is 1.86. The summed E-state index contributed by atoms with van der Waals surface area (Å²) in [5.74, 6) is 5.90. The van der Waals surface area contributed by atoms with Crippen molar-refractivity contribution in [3.8, 4) is 0 Å². The minimum absolute atomic E-state index is 0.255. The van der Waals surface area contributed by atoms with Crippen molar-refractivity contribution in [2.24, 2.45) is 5.84 Å². The number of fused-ring (bicyclic) bond motifs is 1. The van der Waals surface area contributed by atoms with Gasteiger partial charge in [0, 0.05) is 25.1 Å². The predicted molar refractivity (Wildman–Crippen MR) is 104 cm³/mol. The highest BCUT2D eigenvalue weighted by Gasteiger charge is 2.17. The van der Waals surface area contributed by atoms with Crippen molar-refractivity contribution in [1.29, 1.82) is 0 Å². The smallest absolute Gasteiger partial charge is 0.281 e. The summed E-state index contributed by atoms with van der Waals surface area (Å²) >= 11 is 0. The van der Waals surface area contributed by atoms with Crippen molar-refractivity contribution in [3.05, 3.63) is 77.7 Å². The van der Waals surface area contributed by atoms with Crippen molar-refractivity contribution in [2.45, 2.75) is 12.8 Å². The molecule has 1 amide bonds. The SMILES string of the molecule is CC(CN(C)/C(=C/c1cc2ccccc2o1)C(=O)NN)c1ccccc1. The number of hydrogen-bond donors (Lipinski definition) is 2. The van der Waals surface area contributed by atoms with E-state index in [1.165, 1.54) is 5.56 Å². The van der Waals surface area contributed by atoms with E-state index < -0.39 is 0 Å². The van der Waals surface area contributed by atoms with Gasteiger partial charge < -0.3 is 9.32 Å². The van der Waals surface area contributed by atoms with Gasteiger partial charge in [-0.25, -0.2) is 5.84 Å². The van der Waals surface area contributed by atoms with E-state index >= 15 is 0 Å². The maximum Gasteiger partial charge on any atom is 0.281 e. The molecule has 1 heterocycles. The minimum atomic E-state index is -0.354. The van der Waals surface area contributed by atoms with E-state index in [-0.39, 0.29) is 11.8 Å². The Labute approximate surface area is 153 Å². The highest BCUT2D eigenvalue weighted by atomic mass is 16.3. The van der Waals surface area contributed by atoms with E-state index in [2.05, 4.69) is 24.5 Å². The first-order valence-electron chi connectivity index (χ1n) is 8.56. The number of para-hydroxylation sites is 1. The van der Waals surface area contributed by atoms with Gasteiger partial charge >= 0.3 is 0 Å². The monoisotopic (exact) mass is 349 g/mol. The Bertz CT molecular complexity index is 882. The second kappa shape index (κ2) is 7.89. The summed E-state index contributed by atoms with van der Waals surface area (Å²) in [5.41, 5.74) is 4.68. The molecule has 0 aliphatic carbocycles. The van der Waals surface area contributed by atoms with Crippen LogP contribution in [0.2, 0.25) is 0 Å². The summed E-state index contributed by atoms with van der Waals surface area (Å²) in [6, 6.07) is 19.9. The standard InChI is InChI=1S/C21H23N3O2/c1-15(16-8-4-3-5-9-16)14-24(2)19(21(25)23-22)13-18-12-17-10-6-7-11-20(17)26-18/h3-13,15H,14,22H2,1-2H3,(H,23,25)/b19-13+. The lowest BCUT2D eigenvalue weighted by atomic mass is 10.0. The molecule has 3 rings (SSSR count). The Kier molecular flexibility index (Phi) is 5.39. The minimum Gasteiger partial charge on any atom is -0.457 e. The summed E-state index contributed by atoms with van der Waals surface area (Å²) in [4.78, 5) is 14.2. The molecule has 2 aromatic carbocycles. The predicted octanol–water partition coefficient (Wildman–Crippen LogP) is 3.50. The Morgan fingerprint density at radius 2 is 1.88 bits per heavy atom. The molecule has 0 radical (unpaired) electrons. The molecular formula is C21H23N3O2. The van der Waals surface area contributed by atoms with Gasteiger partial charge in [-0.3, -0.25) is 10.2 Å². The number of carbonyl (C=O) groups is 1. The quantitative estimate of drug-likeness (QED) is 0.309. The molecule has 3 N–H and O–H groups in total. The fourth-order valence-corrected chi connectivity index (χ4v) is 3.03. The summed E-state index contributed by atoms with van der Waals surface area (Å²) in [5, 5.41) is 0.992. The molecule has 5 heteroatoms. The van der Waals surface area contributed by atoms with Crippen molar-refractivity contribution in [2.75, 3.05) is 13.6 Å². The number of benzene rings is 2. The highest BCUT2D eigenvalue weighted by molar-refractivity contribution is 5.97. The van der Waals surface area contributed by atoms with Crippen molar-refractivity contribution < 1.29 is 9.21 Å². The lowest BCUT2D eigenvalue weighted by Crippen LogP contribution is -2.38. The number of likely N-dealkylation sites (N-methyl/N-ethyl adjacent to an activating group) is 1. The van der Waals surface area contributed by atoms with Gasteiger partial charge in [0.1, 0.15) is 17.0 Å². The van der Waals surface area contributed by atoms with Gasteiger partial charge in [-0.05, 0) is 23.6 Å². The molecule has 0 aliphatic heterocycles. The molecule has 0 fully saturated rings. The lowest BCUT2D eigenvalue weighted by molar-refractivity contribution is -0.118. The van der Waals surface area contributed by atoms with Crippen LogP contribution >= 0.6 is 0 Å². The first-order chi connectivity index (χ1) is 12.6. The Morgan fingerprint density at radius 3 is 2.58 bits per heavy atom. The Hall–Kier alpha value is -3.05. The van der Waals surface area contributed by atoms with Crippen LogP contribution in [-0.4, -0.2) is 24.4 Å². The van der Waals surface area contributed by atoms with Crippen LogP contribution in [0.1, 0.15) is 24.2 Å². The van der Waals surface area contributed by atoms with Crippen LogP contribution in [0.15, 0.2) is 70.8 Å². The van der Waals surface area contributed by atoms with Gasteiger partial charge in [0.15, 0.2) is 0 Å². The molecule has 1 atom stereocenters. The second-order valence-corrected chi connectivity index (χ2v) is 6.38. The van der Waals surface area contributed by atoms with E-state index in [1.807, 2.05) is 60.5 Å². The maximum atomic E-state index is 12.3. The largest absolute Gasteiger partial charge is 0.457 e. The molecule has 0 bridgehead atoms. The molecule has 0 spiro atoms. The van der Waals surface area contributed by atoms with E-state index in [0.717, 1.165) is 11.0 Å². The van der Waals surface area contributed by atoms with E-state index in [9.17, 15) is 4.79 Å². The van der Waals surface area contributed by atoms with Crippen molar-refractivity contribution in [1.82, 2.24) is 10.3 Å². The van der Waals surface area contributed by atoms with Gasteiger partial charge in [-0.1, -0.05) is 55.5 Å². The zero-order chi connectivity index (χ0) is 18.5. The summed E-state index contributed by atoms with van der Waals surface area (Å²) in [6.45, 7) is 2.80. The van der Waals surface area contributed by atoms with E-state index in [0.29, 0.717) is 18.0 Å². The number of carbonyl (C=O) groups excluding carboxylic acids is 1. The van der Waals surface area contributed by atoms with E-state index in [1.54, 1.807) is 6.08 Å². The zero-order valence-electron chi connectivity index (χ0n) is 15.0. The van der Waals surface area contributed by atoms with E-state index in [4.69, 9.17) is 10.3 Å². The molecule has 0 saturated carbocycles. The third-order valence-electron chi connectivity index (χ3n) is 4.41. The summed E-state index contributed by atoms with van der Waals surface area (Å²) in [6.07, 6.45) is 1.72. The molecule has 5 nitrogen and oxygen atoms in total. The number of rotatable bonds is 6. The van der Waals surface area contributed by atoms with Crippen LogP contribution in [0, 0.1) is 0 Å². The summed E-state index contributed by atoms with van der Waals surface area (Å²) < 4.78 is 5.81. The number of nitrogens with one attached hydrogen (secondary N) is 1. The maximum absolute atomic E-state index is 12.3. The number of furan rings is 1. The average Bonchev–Trinajstić information content (AvgIpc) is 3.08. The fourth-order valence-electron chi connectivity index (χ4n) is 3.03. The first-order valence-corrected chi connectivity index (χ1v) is 8.56. The third kappa shape index (κ3) is 3.95. The molecule has 26 heavy (non-hydrogen) atoms. The number of amides is 1. The topological polar surface area (TPSA) is 71.5 Å². The van der Waals surface area contributed by atoms with Crippen molar-refractivity contribution >= 4 is 23.0 Å². The van der Waals surface area contributed by atoms with Gasteiger partial charge in [0.25, 0.3) is 5.91 Å². The lowest BCUT2D eigenvalue weighted by Gasteiger charge is -2.25. The average molecular weight is 349 g/mol. The molecule has 3 aromatic rings. The highest BCUT2D eigenvalue weighted by Crippen LogP contribution is 2.23. The van der Waals surface area contributed by atoms with Gasteiger partial charge in [0.2, 0.25) is 0 Å². The second-order valence-electron chi connectivity index (χ2n) is 6.38. The molecule has 1 unspecified atom stereocenters. The first kappa shape index (κ1) is 17.8. The number of hydrogen-bond acceptors (Lipinski definition) is 4. The molecular weight excluding hydrogens is 326 g/mol. The zero-order valence-corrected chi connectivity index (χ0v) is 15.0. The van der Waals surface area contributed by atoms with Crippen LogP contribution in [0.4, 0.5) is 0 Å². The van der Waals surface area contributed by atoms with Crippen LogP contribution in [-0.2, 0) is 4.79 Å². The molecule has 0 aliphatic rings. The van der Waals surface area contributed by atoms with Crippen LogP contribution in [0.25, 0.3) is 17.0 Å². The number of nitrogens with two attached hydrogens (primary N) is 1. The number of nitrogens with zero attached hydrogens (tertiary/aromatic N) is 1. The van der Waals surface area contributed by atoms with Gasteiger partial charge in [-0.2, -0.15) is 0 Å². The fraction of sp³-hybridized carbons (Fsp3) is 0.190. The normalized spacial score (nSPS) is 12.8. The molecule has 134 valence electrons.